The zero-order chi connectivity index (χ0) is 14.2. The van der Waals surface area contributed by atoms with Gasteiger partial charge in [0, 0.05) is 36.6 Å². The molecule has 1 aliphatic heterocycles. The molecule has 1 aliphatic carbocycles. The fourth-order valence-electron chi connectivity index (χ4n) is 3.09. The fourth-order valence-corrected chi connectivity index (χ4v) is 4.22. The molecule has 5 heteroatoms. The minimum Gasteiger partial charge on any atom is -0.497 e. The first-order chi connectivity index (χ1) is 10.3. The molecule has 0 amide bonds. The summed E-state index contributed by atoms with van der Waals surface area (Å²) in [6.07, 6.45) is 2.18. The van der Waals surface area contributed by atoms with E-state index < -0.39 is 0 Å². The van der Waals surface area contributed by atoms with E-state index in [9.17, 15) is 0 Å². The molecular formula is C16H19N3OS. The summed E-state index contributed by atoms with van der Waals surface area (Å²) >= 11 is 1.87. The van der Waals surface area contributed by atoms with Crippen molar-refractivity contribution in [1.29, 1.82) is 0 Å². The Bertz CT molecular complexity index is 662. The number of nitrogens with one attached hydrogen (secondary N) is 1. The number of fused-ring (bicyclic) bond motifs is 3. The quantitative estimate of drug-likeness (QED) is 0.924. The van der Waals surface area contributed by atoms with Crippen LogP contribution in [-0.4, -0.2) is 38.3 Å². The topological polar surface area (TPSA) is 37.4 Å². The first-order valence-electron chi connectivity index (χ1n) is 7.48. The molecule has 0 atom stereocenters. The summed E-state index contributed by atoms with van der Waals surface area (Å²) in [7, 11) is 1.72. The van der Waals surface area contributed by atoms with Gasteiger partial charge < -0.3 is 15.0 Å². The first kappa shape index (κ1) is 13.1. The van der Waals surface area contributed by atoms with E-state index in [2.05, 4.69) is 22.3 Å². The Morgan fingerprint density at radius 1 is 1.24 bits per heavy atom. The molecular weight excluding hydrogens is 282 g/mol. The summed E-state index contributed by atoms with van der Waals surface area (Å²) in [5.74, 6) is 0.940. The molecule has 21 heavy (non-hydrogen) atoms. The molecule has 0 spiro atoms. The SMILES string of the molecule is COc1ccc2c(c1)CCc1sc(N3CCNCC3)nc1-2. The predicted molar refractivity (Wildman–Crippen MR) is 86.6 cm³/mol. The second kappa shape index (κ2) is 5.31. The van der Waals surface area contributed by atoms with Gasteiger partial charge in [0.15, 0.2) is 5.13 Å². The number of aryl methyl sites for hydroxylation is 2. The van der Waals surface area contributed by atoms with Crippen LogP contribution in [0.4, 0.5) is 5.13 Å². The predicted octanol–water partition coefficient (Wildman–Crippen LogP) is 2.33. The number of aromatic nitrogens is 1. The van der Waals surface area contributed by atoms with Gasteiger partial charge in [0.25, 0.3) is 0 Å². The molecule has 0 unspecified atom stereocenters. The third kappa shape index (κ3) is 2.30. The van der Waals surface area contributed by atoms with Crippen LogP contribution < -0.4 is 15.0 Å². The highest BCUT2D eigenvalue weighted by atomic mass is 32.1. The second-order valence-corrected chi connectivity index (χ2v) is 6.59. The molecule has 0 radical (unpaired) electrons. The third-order valence-electron chi connectivity index (χ3n) is 4.26. The minimum absolute atomic E-state index is 0.940. The number of rotatable bonds is 2. The van der Waals surface area contributed by atoms with Crippen molar-refractivity contribution in [3.63, 3.8) is 0 Å². The van der Waals surface area contributed by atoms with Crippen molar-refractivity contribution in [1.82, 2.24) is 10.3 Å². The molecule has 0 saturated carbocycles. The van der Waals surface area contributed by atoms with Gasteiger partial charge in [0.2, 0.25) is 0 Å². The van der Waals surface area contributed by atoms with E-state index in [4.69, 9.17) is 9.72 Å². The van der Waals surface area contributed by atoms with Crippen LogP contribution in [0.3, 0.4) is 0 Å². The maximum Gasteiger partial charge on any atom is 0.186 e. The lowest BCUT2D eigenvalue weighted by atomic mass is 9.93. The molecule has 4 nitrogen and oxygen atoms in total. The van der Waals surface area contributed by atoms with Crippen LogP contribution >= 0.6 is 11.3 Å². The Kier molecular flexibility index (Phi) is 3.31. The van der Waals surface area contributed by atoms with Crippen molar-refractivity contribution < 1.29 is 4.74 Å². The largest absolute Gasteiger partial charge is 0.497 e. The molecule has 1 fully saturated rings. The summed E-state index contributed by atoms with van der Waals surface area (Å²) in [5.41, 5.74) is 3.84. The summed E-state index contributed by atoms with van der Waals surface area (Å²) in [6.45, 7) is 4.22. The van der Waals surface area contributed by atoms with Gasteiger partial charge in [0.05, 0.1) is 12.8 Å². The van der Waals surface area contributed by atoms with Crippen LogP contribution in [-0.2, 0) is 12.8 Å². The lowest BCUT2D eigenvalue weighted by molar-refractivity contribution is 0.414. The first-order valence-corrected chi connectivity index (χ1v) is 8.29. The van der Waals surface area contributed by atoms with E-state index >= 15 is 0 Å². The number of nitrogens with zero attached hydrogens (tertiary/aromatic N) is 2. The normalized spacial score (nSPS) is 17.3. The van der Waals surface area contributed by atoms with E-state index in [1.807, 2.05) is 17.4 Å². The Hall–Kier alpha value is -1.59. The Labute approximate surface area is 128 Å². The number of thiazole rings is 1. The van der Waals surface area contributed by atoms with Crippen molar-refractivity contribution in [3.05, 3.63) is 28.6 Å². The van der Waals surface area contributed by atoms with Crippen LogP contribution in [0.1, 0.15) is 10.4 Å². The number of piperazine rings is 1. The highest BCUT2D eigenvalue weighted by Crippen LogP contribution is 2.40. The Morgan fingerprint density at radius 3 is 2.90 bits per heavy atom. The average Bonchev–Trinajstić information content (AvgIpc) is 2.99. The summed E-state index contributed by atoms with van der Waals surface area (Å²) in [6, 6.07) is 6.35. The summed E-state index contributed by atoms with van der Waals surface area (Å²) in [4.78, 5) is 8.78. The fraction of sp³-hybridized carbons (Fsp3) is 0.438. The number of ether oxygens (including phenoxy) is 1. The smallest absolute Gasteiger partial charge is 0.186 e. The van der Waals surface area contributed by atoms with Gasteiger partial charge in [0.1, 0.15) is 5.75 Å². The lowest BCUT2D eigenvalue weighted by Crippen LogP contribution is -2.43. The third-order valence-corrected chi connectivity index (χ3v) is 5.44. The van der Waals surface area contributed by atoms with Crippen LogP contribution in [0, 0.1) is 0 Å². The molecule has 1 saturated heterocycles. The summed E-state index contributed by atoms with van der Waals surface area (Å²) in [5, 5.41) is 4.58. The molecule has 1 aromatic carbocycles. The highest BCUT2D eigenvalue weighted by molar-refractivity contribution is 7.16. The number of hydrogen-bond donors (Lipinski definition) is 1. The zero-order valence-electron chi connectivity index (χ0n) is 12.2. The molecule has 2 aliphatic rings. The van der Waals surface area contributed by atoms with Gasteiger partial charge in [-0.25, -0.2) is 4.98 Å². The second-order valence-electron chi connectivity index (χ2n) is 5.53. The van der Waals surface area contributed by atoms with E-state index in [0.29, 0.717) is 0 Å². The van der Waals surface area contributed by atoms with Crippen molar-refractivity contribution >= 4 is 16.5 Å². The van der Waals surface area contributed by atoms with Crippen molar-refractivity contribution in [2.75, 3.05) is 38.2 Å². The van der Waals surface area contributed by atoms with Crippen LogP contribution in [0.25, 0.3) is 11.3 Å². The van der Waals surface area contributed by atoms with Gasteiger partial charge >= 0.3 is 0 Å². The molecule has 2 heterocycles. The van der Waals surface area contributed by atoms with Crippen LogP contribution in [0.15, 0.2) is 18.2 Å². The van der Waals surface area contributed by atoms with Crippen molar-refractivity contribution in [2.24, 2.45) is 0 Å². The standard InChI is InChI=1S/C16H19N3OS/c1-20-12-3-4-13-11(10-12)2-5-14-15(13)18-16(21-14)19-8-6-17-7-9-19/h3-4,10,17H,2,5-9H2,1H3. The number of methoxy groups -OCH3 is 1. The van der Waals surface area contributed by atoms with E-state index in [1.54, 1.807) is 7.11 Å². The monoisotopic (exact) mass is 301 g/mol. The highest BCUT2D eigenvalue weighted by Gasteiger charge is 2.23. The molecule has 110 valence electrons. The zero-order valence-corrected chi connectivity index (χ0v) is 13.0. The number of hydrogen-bond acceptors (Lipinski definition) is 5. The molecule has 4 rings (SSSR count). The maximum atomic E-state index is 5.34. The van der Waals surface area contributed by atoms with Gasteiger partial charge in [-0.2, -0.15) is 0 Å². The van der Waals surface area contributed by atoms with Crippen molar-refractivity contribution in [3.8, 4) is 17.0 Å². The molecule has 0 bridgehead atoms. The lowest BCUT2D eigenvalue weighted by Gasteiger charge is -2.26. The van der Waals surface area contributed by atoms with Gasteiger partial charge in [-0.15, -0.1) is 11.3 Å². The average molecular weight is 301 g/mol. The molecule has 2 aromatic rings. The van der Waals surface area contributed by atoms with E-state index in [-0.39, 0.29) is 0 Å². The van der Waals surface area contributed by atoms with Gasteiger partial charge in [-0.05, 0) is 36.6 Å². The molecule has 1 N–H and O–H groups in total. The Balaban J connectivity index is 1.71. The van der Waals surface area contributed by atoms with E-state index in [1.165, 1.54) is 26.8 Å². The molecule has 1 aromatic heterocycles. The van der Waals surface area contributed by atoms with Crippen LogP contribution in [0.5, 0.6) is 5.75 Å². The number of anilines is 1. The van der Waals surface area contributed by atoms with Gasteiger partial charge in [-0.3, -0.25) is 0 Å². The summed E-state index contributed by atoms with van der Waals surface area (Å²) < 4.78 is 5.34. The Morgan fingerprint density at radius 2 is 2.10 bits per heavy atom. The number of benzene rings is 1. The van der Waals surface area contributed by atoms with Crippen molar-refractivity contribution in [2.45, 2.75) is 12.8 Å². The minimum atomic E-state index is 0.940. The van der Waals surface area contributed by atoms with Crippen LogP contribution in [0.2, 0.25) is 0 Å². The van der Waals surface area contributed by atoms with Gasteiger partial charge in [-0.1, -0.05) is 0 Å². The maximum absolute atomic E-state index is 5.34. The van der Waals surface area contributed by atoms with E-state index in [0.717, 1.165) is 44.8 Å².